The van der Waals surface area contributed by atoms with Gasteiger partial charge in [0, 0.05) is 13.1 Å². The van der Waals surface area contributed by atoms with Gasteiger partial charge in [-0.2, -0.15) is 18.3 Å². The summed E-state index contributed by atoms with van der Waals surface area (Å²) in [4.78, 5) is 3.97. The average Bonchev–Trinajstić information content (AvgIpc) is 2.73. The number of imidazole rings is 1. The van der Waals surface area contributed by atoms with Gasteiger partial charge in [0.05, 0.1) is 6.54 Å². The Hall–Kier alpha value is -1.57. The molecule has 0 unspecified atom stereocenters. The first-order valence-corrected chi connectivity index (χ1v) is 4.79. The molecule has 0 spiro atoms. The number of aromatic nitrogens is 4. The van der Waals surface area contributed by atoms with E-state index in [4.69, 9.17) is 0 Å². The lowest BCUT2D eigenvalue weighted by atomic mass is 10.4. The highest BCUT2D eigenvalue weighted by Gasteiger charge is 2.37. The Morgan fingerprint density at radius 2 is 2.12 bits per heavy atom. The number of fused-ring (bicyclic) bond motifs is 3. The molecule has 0 amide bonds. The summed E-state index contributed by atoms with van der Waals surface area (Å²) in [7, 11) is 0. The Labute approximate surface area is 87.6 Å². The highest BCUT2D eigenvalue weighted by molar-refractivity contribution is 5.75. The molecule has 0 atom stereocenters. The molecule has 0 fully saturated rings. The summed E-state index contributed by atoms with van der Waals surface area (Å²) in [5.74, 6) is 0.600. The zero-order valence-electron chi connectivity index (χ0n) is 8.10. The van der Waals surface area contributed by atoms with Crippen molar-refractivity contribution in [3.05, 3.63) is 11.5 Å². The van der Waals surface area contributed by atoms with E-state index in [0.717, 1.165) is 0 Å². The summed E-state index contributed by atoms with van der Waals surface area (Å²) >= 11 is 0. The van der Waals surface area contributed by atoms with Crippen molar-refractivity contribution in [2.45, 2.75) is 19.3 Å². The zero-order valence-corrected chi connectivity index (χ0v) is 8.10. The molecule has 0 bridgehead atoms. The number of rotatable bonds is 0. The molecule has 5 nitrogen and oxygen atoms in total. The summed E-state index contributed by atoms with van der Waals surface area (Å²) < 4.78 is 39.4. The van der Waals surface area contributed by atoms with E-state index in [1.54, 1.807) is 4.57 Å². The molecule has 0 aliphatic carbocycles. The van der Waals surface area contributed by atoms with E-state index < -0.39 is 11.9 Å². The van der Waals surface area contributed by atoms with Crippen molar-refractivity contribution in [1.82, 2.24) is 25.1 Å². The first kappa shape index (κ1) is 9.64. The van der Waals surface area contributed by atoms with Crippen molar-refractivity contribution in [2.75, 3.05) is 6.54 Å². The van der Waals surface area contributed by atoms with Gasteiger partial charge in [0.25, 0.3) is 0 Å². The molecule has 2 aromatic rings. The molecule has 86 valence electrons. The molecule has 2 N–H and O–H groups in total. The molecule has 16 heavy (non-hydrogen) atoms. The van der Waals surface area contributed by atoms with Gasteiger partial charge in [-0.1, -0.05) is 0 Å². The molecular formula is C8H8F3N5. The molecule has 0 saturated heterocycles. The van der Waals surface area contributed by atoms with E-state index in [0.29, 0.717) is 25.5 Å². The van der Waals surface area contributed by atoms with Gasteiger partial charge >= 0.3 is 6.18 Å². The quantitative estimate of drug-likeness (QED) is 0.707. The lowest BCUT2D eigenvalue weighted by Crippen LogP contribution is -2.28. The van der Waals surface area contributed by atoms with E-state index in [1.807, 2.05) is 5.10 Å². The number of H-pyrrole nitrogens is 1. The Balaban J connectivity index is 2.24. The minimum Gasteiger partial charge on any atom is -0.309 e. The van der Waals surface area contributed by atoms with Crippen molar-refractivity contribution < 1.29 is 13.2 Å². The predicted molar refractivity (Wildman–Crippen MR) is 48.6 cm³/mol. The smallest absolute Gasteiger partial charge is 0.309 e. The Bertz CT molecular complexity index is 538. The summed E-state index contributed by atoms with van der Waals surface area (Å²) in [5.41, 5.74) is -0.681. The average molecular weight is 231 g/mol. The monoisotopic (exact) mass is 231 g/mol. The van der Waals surface area contributed by atoms with Crippen LogP contribution >= 0.6 is 0 Å². The van der Waals surface area contributed by atoms with Crippen molar-refractivity contribution in [3.8, 4) is 0 Å². The van der Waals surface area contributed by atoms with Gasteiger partial charge in [0.15, 0.2) is 11.3 Å². The topological polar surface area (TPSA) is 58.5 Å². The third-order valence-corrected chi connectivity index (χ3v) is 2.61. The minimum absolute atomic E-state index is 0.0915. The van der Waals surface area contributed by atoms with E-state index in [9.17, 15) is 13.2 Å². The molecule has 0 saturated carbocycles. The first-order valence-electron chi connectivity index (χ1n) is 4.79. The fourth-order valence-electron chi connectivity index (χ4n) is 1.89. The van der Waals surface area contributed by atoms with Gasteiger partial charge in [-0.05, 0) is 0 Å². The molecule has 3 rings (SSSR count). The van der Waals surface area contributed by atoms with Crippen LogP contribution in [0.1, 0.15) is 11.5 Å². The summed E-state index contributed by atoms with van der Waals surface area (Å²) in [5, 5.41) is 8.74. The fourth-order valence-corrected chi connectivity index (χ4v) is 1.89. The number of nitrogens with one attached hydrogen (secondary N) is 2. The van der Waals surface area contributed by atoms with Crippen molar-refractivity contribution in [2.24, 2.45) is 0 Å². The van der Waals surface area contributed by atoms with Crippen molar-refractivity contribution >= 4 is 11.2 Å². The number of halogens is 3. The van der Waals surface area contributed by atoms with Gasteiger partial charge in [0.2, 0.25) is 0 Å². The number of hydrogen-bond donors (Lipinski definition) is 2. The second-order valence-electron chi connectivity index (χ2n) is 3.63. The lowest BCUT2D eigenvalue weighted by Gasteiger charge is -2.14. The maximum Gasteiger partial charge on any atom is 0.435 e. The molecule has 0 radical (unpaired) electrons. The van der Waals surface area contributed by atoms with Crippen LogP contribution in [0.4, 0.5) is 13.2 Å². The van der Waals surface area contributed by atoms with Gasteiger partial charge in [-0.15, -0.1) is 0 Å². The van der Waals surface area contributed by atoms with Crippen LogP contribution in [-0.2, 0) is 19.3 Å². The van der Waals surface area contributed by atoms with E-state index in [1.165, 1.54) is 0 Å². The first-order chi connectivity index (χ1) is 7.57. The van der Waals surface area contributed by atoms with E-state index in [-0.39, 0.29) is 11.2 Å². The lowest BCUT2D eigenvalue weighted by molar-refractivity contribution is -0.140. The molecule has 3 heterocycles. The van der Waals surface area contributed by atoms with Crippen LogP contribution in [-0.4, -0.2) is 26.3 Å². The Morgan fingerprint density at radius 1 is 1.31 bits per heavy atom. The standard InChI is InChI=1S/C8H8F3N5/c9-8(10,11)6-5-7(15-14-6)16-2-1-12-3-4(16)13-5/h12H,1-3H2,(H,14,15). The van der Waals surface area contributed by atoms with Crippen molar-refractivity contribution in [1.29, 1.82) is 0 Å². The number of hydrogen-bond acceptors (Lipinski definition) is 3. The van der Waals surface area contributed by atoms with Crippen LogP contribution in [0.2, 0.25) is 0 Å². The van der Waals surface area contributed by atoms with Crippen LogP contribution in [0, 0.1) is 0 Å². The largest absolute Gasteiger partial charge is 0.435 e. The molecule has 0 aromatic carbocycles. The maximum atomic E-state index is 12.6. The highest BCUT2D eigenvalue weighted by Crippen LogP contribution is 2.32. The SMILES string of the molecule is FC(F)(F)c1[nH]nc2c1nc1n2CCNC1. The van der Waals surface area contributed by atoms with Crippen LogP contribution in [0.5, 0.6) is 0 Å². The predicted octanol–water partition coefficient (Wildman–Crippen LogP) is 0.881. The summed E-state index contributed by atoms with van der Waals surface area (Å²) in [6.45, 7) is 1.79. The second kappa shape index (κ2) is 2.97. The minimum atomic E-state index is -4.44. The molecule has 8 heteroatoms. The molecule has 1 aliphatic heterocycles. The second-order valence-corrected chi connectivity index (χ2v) is 3.63. The van der Waals surface area contributed by atoms with Crippen LogP contribution in [0.15, 0.2) is 0 Å². The fraction of sp³-hybridized carbons (Fsp3) is 0.500. The Morgan fingerprint density at radius 3 is 2.88 bits per heavy atom. The summed E-state index contributed by atoms with van der Waals surface area (Å²) in [6.07, 6.45) is -4.44. The van der Waals surface area contributed by atoms with Gasteiger partial charge < -0.3 is 9.88 Å². The Kier molecular flexibility index (Phi) is 1.79. The molecule has 2 aromatic heterocycles. The number of aromatic amines is 1. The molecule has 1 aliphatic rings. The summed E-state index contributed by atoms with van der Waals surface area (Å²) in [6, 6.07) is 0. The molecular weight excluding hydrogens is 223 g/mol. The normalized spacial score (nSPS) is 16.7. The third kappa shape index (κ3) is 1.22. The number of nitrogens with zero attached hydrogens (tertiary/aromatic N) is 3. The van der Waals surface area contributed by atoms with Crippen LogP contribution in [0.3, 0.4) is 0 Å². The van der Waals surface area contributed by atoms with Gasteiger partial charge in [-0.25, -0.2) is 4.98 Å². The van der Waals surface area contributed by atoms with Gasteiger partial charge in [0.1, 0.15) is 11.3 Å². The maximum absolute atomic E-state index is 12.6. The highest BCUT2D eigenvalue weighted by atomic mass is 19.4. The van der Waals surface area contributed by atoms with E-state index in [2.05, 4.69) is 15.4 Å². The zero-order chi connectivity index (χ0) is 11.3. The van der Waals surface area contributed by atoms with Crippen LogP contribution < -0.4 is 5.32 Å². The van der Waals surface area contributed by atoms with Crippen molar-refractivity contribution in [3.63, 3.8) is 0 Å². The van der Waals surface area contributed by atoms with Crippen LogP contribution in [0.25, 0.3) is 11.2 Å². The third-order valence-electron chi connectivity index (χ3n) is 2.61. The number of alkyl halides is 3. The van der Waals surface area contributed by atoms with Gasteiger partial charge in [-0.3, -0.25) is 5.10 Å². The van der Waals surface area contributed by atoms with E-state index >= 15 is 0 Å².